The fraction of sp³-hybridized carbons (Fsp3) is 0.333. The Kier molecular flexibility index (Phi) is 4.05. The van der Waals surface area contributed by atoms with Crippen molar-refractivity contribution in [3.8, 4) is 0 Å². The molecule has 0 aliphatic carbocycles. The first kappa shape index (κ1) is 12.7. The number of nitrogens with zero attached hydrogens (tertiary/aromatic N) is 1. The van der Waals surface area contributed by atoms with E-state index in [4.69, 9.17) is 10.2 Å². The molecule has 3 nitrogen and oxygen atoms in total. The molecule has 0 bridgehead atoms. The fourth-order valence-corrected chi connectivity index (χ4v) is 1.99. The Hall–Kier alpha value is -1.74. The molecule has 0 saturated heterocycles. The maximum absolute atomic E-state index is 6.12. The number of nitrogens with two attached hydrogens (primary N) is 1. The maximum atomic E-state index is 6.12. The summed E-state index contributed by atoms with van der Waals surface area (Å²) >= 11 is 0. The highest BCUT2D eigenvalue weighted by Crippen LogP contribution is 2.14. The largest absolute Gasteiger partial charge is 0.469 e. The molecule has 1 aromatic heterocycles. The molecule has 0 spiro atoms. The van der Waals surface area contributed by atoms with E-state index >= 15 is 0 Å². The van der Waals surface area contributed by atoms with Gasteiger partial charge in [-0.2, -0.15) is 0 Å². The van der Waals surface area contributed by atoms with Crippen LogP contribution < -0.4 is 10.6 Å². The van der Waals surface area contributed by atoms with Crippen molar-refractivity contribution < 1.29 is 4.42 Å². The van der Waals surface area contributed by atoms with Gasteiger partial charge in [0.1, 0.15) is 5.76 Å². The zero-order valence-electron chi connectivity index (χ0n) is 11.0. The molecule has 2 aromatic rings. The highest BCUT2D eigenvalue weighted by molar-refractivity contribution is 5.46. The molecule has 0 radical (unpaired) electrons. The Morgan fingerprint density at radius 3 is 2.39 bits per heavy atom. The van der Waals surface area contributed by atoms with Crippen LogP contribution in [-0.2, 0) is 12.8 Å². The lowest BCUT2D eigenvalue weighted by atomic mass is 10.0. The van der Waals surface area contributed by atoms with E-state index in [9.17, 15) is 0 Å². The molecule has 96 valence electrons. The van der Waals surface area contributed by atoms with E-state index < -0.39 is 0 Å². The van der Waals surface area contributed by atoms with Crippen LogP contribution in [0.15, 0.2) is 47.1 Å². The van der Waals surface area contributed by atoms with Gasteiger partial charge in [-0.15, -0.1) is 0 Å². The summed E-state index contributed by atoms with van der Waals surface area (Å²) in [5.41, 5.74) is 8.59. The van der Waals surface area contributed by atoms with Gasteiger partial charge in [-0.3, -0.25) is 0 Å². The molecular formula is C15H20N2O. The molecule has 1 unspecified atom stereocenters. The van der Waals surface area contributed by atoms with Gasteiger partial charge in [0, 0.05) is 32.2 Å². The van der Waals surface area contributed by atoms with Crippen molar-refractivity contribution in [2.24, 2.45) is 5.73 Å². The minimum atomic E-state index is 0.0985. The van der Waals surface area contributed by atoms with Crippen LogP contribution >= 0.6 is 0 Å². The summed E-state index contributed by atoms with van der Waals surface area (Å²) in [5.74, 6) is 0.951. The van der Waals surface area contributed by atoms with E-state index in [1.807, 2.05) is 26.2 Å². The zero-order valence-corrected chi connectivity index (χ0v) is 11.0. The Balaban J connectivity index is 1.92. The van der Waals surface area contributed by atoms with Crippen molar-refractivity contribution in [1.29, 1.82) is 0 Å². The number of benzene rings is 1. The molecule has 0 aliphatic heterocycles. The topological polar surface area (TPSA) is 42.4 Å². The second-order valence-electron chi connectivity index (χ2n) is 4.81. The summed E-state index contributed by atoms with van der Waals surface area (Å²) in [6.07, 6.45) is 3.34. The summed E-state index contributed by atoms with van der Waals surface area (Å²) in [6, 6.07) is 12.5. The van der Waals surface area contributed by atoms with Crippen molar-refractivity contribution in [3.05, 3.63) is 54.0 Å². The van der Waals surface area contributed by atoms with Crippen molar-refractivity contribution in [2.45, 2.75) is 18.9 Å². The van der Waals surface area contributed by atoms with Crippen molar-refractivity contribution in [2.75, 3.05) is 19.0 Å². The van der Waals surface area contributed by atoms with Gasteiger partial charge in [-0.05, 0) is 36.2 Å². The summed E-state index contributed by atoms with van der Waals surface area (Å²) in [7, 11) is 4.08. The minimum absolute atomic E-state index is 0.0985. The van der Waals surface area contributed by atoms with Crippen LogP contribution in [0.5, 0.6) is 0 Å². The van der Waals surface area contributed by atoms with Crippen LogP contribution in [0.25, 0.3) is 0 Å². The molecule has 1 atom stereocenters. The third kappa shape index (κ3) is 3.37. The lowest BCUT2D eigenvalue weighted by molar-refractivity contribution is 0.483. The molecule has 0 fully saturated rings. The minimum Gasteiger partial charge on any atom is -0.469 e. The van der Waals surface area contributed by atoms with Gasteiger partial charge in [-0.25, -0.2) is 0 Å². The van der Waals surface area contributed by atoms with Gasteiger partial charge in [0.2, 0.25) is 0 Å². The molecule has 0 aliphatic rings. The number of furan rings is 1. The van der Waals surface area contributed by atoms with Gasteiger partial charge >= 0.3 is 0 Å². The van der Waals surface area contributed by atoms with E-state index in [0.29, 0.717) is 0 Å². The van der Waals surface area contributed by atoms with E-state index in [1.165, 1.54) is 11.3 Å². The standard InChI is InChI=1S/C15H20N2O/c1-17(2)14-7-5-12(6-8-14)10-13(16)11-15-4-3-9-18-15/h3-9,13H,10-11,16H2,1-2H3. The van der Waals surface area contributed by atoms with Crippen molar-refractivity contribution >= 4 is 5.69 Å². The number of anilines is 1. The third-order valence-electron chi connectivity index (χ3n) is 2.99. The Morgan fingerprint density at radius 2 is 1.83 bits per heavy atom. The number of hydrogen-bond donors (Lipinski definition) is 1. The quantitative estimate of drug-likeness (QED) is 0.878. The predicted molar refractivity (Wildman–Crippen MR) is 74.9 cm³/mol. The second kappa shape index (κ2) is 5.74. The van der Waals surface area contributed by atoms with Crippen LogP contribution in [0, 0.1) is 0 Å². The van der Waals surface area contributed by atoms with Gasteiger partial charge in [-0.1, -0.05) is 12.1 Å². The highest BCUT2D eigenvalue weighted by atomic mass is 16.3. The molecule has 0 saturated carbocycles. The highest BCUT2D eigenvalue weighted by Gasteiger charge is 2.07. The summed E-state index contributed by atoms with van der Waals surface area (Å²) in [4.78, 5) is 2.09. The van der Waals surface area contributed by atoms with E-state index in [2.05, 4.69) is 29.2 Å². The first-order chi connectivity index (χ1) is 8.65. The van der Waals surface area contributed by atoms with Crippen molar-refractivity contribution in [3.63, 3.8) is 0 Å². The molecule has 3 heteroatoms. The van der Waals surface area contributed by atoms with Gasteiger partial charge in [0.05, 0.1) is 6.26 Å². The molecule has 2 rings (SSSR count). The third-order valence-corrected chi connectivity index (χ3v) is 2.99. The predicted octanol–water partition coefficient (Wildman–Crippen LogP) is 2.46. The van der Waals surface area contributed by atoms with Crippen LogP contribution in [0.1, 0.15) is 11.3 Å². The first-order valence-corrected chi connectivity index (χ1v) is 6.19. The Bertz CT molecular complexity index is 460. The fourth-order valence-electron chi connectivity index (χ4n) is 1.99. The number of rotatable bonds is 5. The Labute approximate surface area is 108 Å². The van der Waals surface area contributed by atoms with Crippen LogP contribution in [0.3, 0.4) is 0 Å². The molecule has 18 heavy (non-hydrogen) atoms. The molecule has 0 amide bonds. The van der Waals surface area contributed by atoms with Crippen LogP contribution in [-0.4, -0.2) is 20.1 Å². The van der Waals surface area contributed by atoms with Crippen molar-refractivity contribution in [1.82, 2.24) is 0 Å². The van der Waals surface area contributed by atoms with E-state index in [1.54, 1.807) is 6.26 Å². The lowest BCUT2D eigenvalue weighted by Crippen LogP contribution is -2.25. The summed E-state index contributed by atoms with van der Waals surface area (Å²) < 4.78 is 5.31. The maximum Gasteiger partial charge on any atom is 0.105 e. The zero-order chi connectivity index (χ0) is 13.0. The molecule has 1 aromatic carbocycles. The molecule has 1 heterocycles. The SMILES string of the molecule is CN(C)c1ccc(CC(N)Cc2ccco2)cc1. The summed E-state index contributed by atoms with van der Waals surface area (Å²) in [5, 5.41) is 0. The average Bonchev–Trinajstić information content (AvgIpc) is 2.82. The van der Waals surface area contributed by atoms with Gasteiger partial charge in [0.25, 0.3) is 0 Å². The second-order valence-corrected chi connectivity index (χ2v) is 4.81. The van der Waals surface area contributed by atoms with Gasteiger partial charge < -0.3 is 15.1 Å². The van der Waals surface area contributed by atoms with Gasteiger partial charge in [0.15, 0.2) is 0 Å². The van der Waals surface area contributed by atoms with Crippen LogP contribution in [0.2, 0.25) is 0 Å². The first-order valence-electron chi connectivity index (χ1n) is 6.19. The average molecular weight is 244 g/mol. The molecule has 2 N–H and O–H groups in total. The Morgan fingerprint density at radius 1 is 1.11 bits per heavy atom. The molecular weight excluding hydrogens is 224 g/mol. The van der Waals surface area contributed by atoms with Crippen LogP contribution in [0.4, 0.5) is 5.69 Å². The van der Waals surface area contributed by atoms with E-state index in [0.717, 1.165) is 18.6 Å². The number of hydrogen-bond acceptors (Lipinski definition) is 3. The smallest absolute Gasteiger partial charge is 0.105 e. The normalized spacial score (nSPS) is 12.4. The lowest BCUT2D eigenvalue weighted by Gasteiger charge is -2.14. The monoisotopic (exact) mass is 244 g/mol. The summed E-state index contributed by atoms with van der Waals surface area (Å²) in [6.45, 7) is 0. The van der Waals surface area contributed by atoms with E-state index in [-0.39, 0.29) is 6.04 Å².